The van der Waals surface area contributed by atoms with E-state index in [0.29, 0.717) is 5.56 Å². The second-order valence-corrected chi connectivity index (χ2v) is 3.06. The van der Waals surface area contributed by atoms with Crippen molar-refractivity contribution in [3.8, 4) is 5.75 Å². The van der Waals surface area contributed by atoms with Gasteiger partial charge in [-0.1, -0.05) is 6.07 Å². The van der Waals surface area contributed by atoms with Crippen LogP contribution in [0.5, 0.6) is 5.75 Å². The molecule has 0 spiro atoms. The first-order valence-corrected chi connectivity index (χ1v) is 4.43. The van der Waals surface area contributed by atoms with Crippen LogP contribution in [-0.2, 0) is 4.74 Å². The Morgan fingerprint density at radius 3 is 2.44 bits per heavy atom. The molecule has 0 radical (unpaired) electrons. The highest BCUT2D eigenvalue weighted by Gasteiger charge is 2.25. The summed E-state index contributed by atoms with van der Waals surface area (Å²) in [5.74, 6) is -0.739. The van der Waals surface area contributed by atoms with Gasteiger partial charge in [0, 0.05) is 5.56 Å². The van der Waals surface area contributed by atoms with E-state index in [4.69, 9.17) is 4.74 Å². The number of rotatable bonds is 3. The normalized spacial score (nSPS) is 9.69. The molecule has 0 amide bonds. The average molecular weight is 225 g/mol. The van der Waals surface area contributed by atoms with E-state index in [0.717, 1.165) is 0 Å². The van der Waals surface area contributed by atoms with Gasteiger partial charge < -0.3 is 9.47 Å². The van der Waals surface area contributed by atoms with Gasteiger partial charge in [0.15, 0.2) is 0 Å². The molecule has 0 aliphatic rings. The Hall–Kier alpha value is -2.11. The Balaban J connectivity index is 3.48. The van der Waals surface area contributed by atoms with Gasteiger partial charge in [-0.2, -0.15) is 0 Å². The second kappa shape index (κ2) is 4.61. The van der Waals surface area contributed by atoms with Crippen molar-refractivity contribution in [3.05, 3.63) is 33.4 Å². The summed E-state index contributed by atoms with van der Waals surface area (Å²) in [7, 11) is 2.47. The van der Waals surface area contributed by atoms with Crippen LogP contribution in [0.25, 0.3) is 0 Å². The fraction of sp³-hybridized carbons (Fsp3) is 0.300. The minimum absolute atomic E-state index is 0.0438. The number of aryl methyl sites for hydroxylation is 1. The van der Waals surface area contributed by atoms with Crippen LogP contribution in [0.2, 0.25) is 0 Å². The van der Waals surface area contributed by atoms with Crippen LogP contribution in [0.15, 0.2) is 12.1 Å². The van der Waals surface area contributed by atoms with E-state index in [2.05, 4.69) is 4.74 Å². The molecule has 6 heteroatoms. The van der Waals surface area contributed by atoms with Gasteiger partial charge in [0.25, 0.3) is 0 Å². The van der Waals surface area contributed by atoms with Crippen molar-refractivity contribution in [1.82, 2.24) is 0 Å². The maximum Gasteiger partial charge on any atom is 0.341 e. The van der Waals surface area contributed by atoms with Gasteiger partial charge in [0.2, 0.25) is 5.75 Å². The highest BCUT2D eigenvalue weighted by atomic mass is 16.6. The first kappa shape index (κ1) is 12.0. The highest BCUT2D eigenvalue weighted by molar-refractivity contribution is 5.94. The number of hydrogen-bond donors (Lipinski definition) is 0. The molecule has 0 saturated heterocycles. The number of ether oxygens (including phenoxy) is 2. The number of nitro groups is 1. The Labute approximate surface area is 91.9 Å². The minimum Gasteiger partial charge on any atom is -0.490 e. The number of esters is 1. The molecule has 86 valence electrons. The number of nitrogens with zero attached hydrogens (tertiary/aromatic N) is 1. The van der Waals surface area contributed by atoms with E-state index >= 15 is 0 Å². The average Bonchev–Trinajstić information content (AvgIpc) is 2.26. The van der Waals surface area contributed by atoms with E-state index < -0.39 is 10.9 Å². The zero-order chi connectivity index (χ0) is 12.3. The van der Waals surface area contributed by atoms with Crippen LogP contribution >= 0.6 is 0 Å². The summed E-state index contributed by atoms with van der Waals surface area (Å²) in [6, 6.07) is 2.92. The van der Waals surface area contributed by atoms with E-state index in [9.17, 15) is 14.9 Å². The maximum absolute atomic E-state index is 11.4. The number of hydrogen-bond acceptors (Lipinski definition) is 5. The van der Waals surface area contributed by atoms with E-state index in [1.807, 2.05) is 0 Å². The molecule has 0 saturated carbocycles. The second-order valence-electron chi connectivity index (χ2n) is 3.06. The fourth-order valence-electron chi connectivity index (χ4n) is 1.37. The molecule has 1 rings (SSSR count). The lowest BCUT2D eigenvalue weighted by molar-refractivity contribution is -0.386. The van der Waals surface area contributed by atoms with Gasteiger partial charge in [-0.3, -0.25) is 10.1 Å². The lowest BCUT2D eigenvalue weighted by Crippen LogP contribution is -2.07. The number of nitro benzene ring substituents is 1. The largest absolute Gasteiger partial charge is 0.490 e. The molecule has 0 bridgehead atoms. The monoisotopic (exact) mass is 225 g/mol. The van der Waals surface area contributed by atoms with Crippen LogP contribution in [0.3, 0.4) is 0 Å². The topological polar surface area (TPSA) is 78.7 Å². The molecule has 0 atom stereocenters. The molecule has 0 aliphatic heterocycles. The van der Waals surface area contributed by atoms with Crippen molar-refractivity contribution in [3.63, 3.8) is 0 Å². The SMILES string of the molecule is COC(=O)c1ccc(C)c([N+](=O)[O-])c1OC. The third kappa shape index (κ3) is 1.95. The Morgan fingerprint density at radius 2 is 2.00 bits per heavy atom. The van der Waals surface area contributed by atoms with Gasteiger partial charge in [-0.25, -0.2) is 4.79 Å². The predicted octanol–water partition coefficient (Wildman–Crippen LogP) is 1.70. The predicted molar refractivity (Wildman–Crippen MR) is 55.7 cm³/mol. The number of methoxy groups -OCH3 is 2. The minimum atomic E-state index is -0.667. The number of carbonyl (C=O) groups excluding carboxylic acids is 1. The van der Waals surface area contributed by atoms with E-state index in [1.165, 1.54) is 26.4 Å². The Morgan fingerprint density at radius 1 is 1.38 bits per heavy atom. The van der Waals surface area contributed by atoms with Gasteiger partial charge in [-0.15, -0.1) is 0 Å². The molecule has 0 aromatic heterocycles. The Bertz CT molecular complexity index is 441. The number of carbonyl (C=O) groups is 1. The van der Waals surface area contributed by atoms with E-state index in [1.54, 1.807) is 6.92 Å². The molecular weight excluding hydrogens is 214 g/mol. The molecule has 1 aromatic rings. The first-order valence-electron chi connectivity index (χ1n) is 4.43. The van der Waals surface area contributed by atoms with Crippen LogP contribution in [0, 0.1) is 17.0 Å². The summed E-state index contributed by atoms with van der Waals surface area (Å²) in [5, 5.41) is 10.8. The van der Waals surface area contributed by atoms with Gasteiger partial charge in [-0.05, 0) is 13.0 Å². The van der Waals surface area contributed by atoms with Gasteiger partial charge in [0.05, 0.1) is 19.1 Å². The van der Waals surface area contributed by atoms with Crippen molar-refractivity contribution in [1.29, 1.82) is 0 Å². The quantitative estimate of drug-likeness (QED) is 0.444. The summed E-state index contributed by atoms with van der Waals surface area (Å²) < 4.78 is 9.41. The highest BCUT2D eigenvalue weighted by Crippen LogP contribution is 2.34. The molecule has 0 N–H and O–H groups in total. The zero-order valence-electron chi connectivity index (χ0n) is 9.14. The lowest BCUT2D eigenvalue weighted by Gasteiger charge is -2.08. The standard InChI is InChI=1S/C10H11NO5/c1-6-4-5-7(10(12)16-3)9(15-2)8(6)11(13)14/h4-5H,1-3H3. The van der Waals surface area contributed by atoms with Crippen LogP contribution in [0.1, 0.15) is 15.9 Å². The summed E-state index contributed by atoms with van der Waals surface area (Å²) in [6.07, 6.45) is 0. The third-order valence-corrected chi connectivity index (χ3v) is 2.13. The summed E-state index contributed by atoms with van der Waals surface area (Å²) in [4.78, 5) is 21.6. The Kier molecular flexibility index (Phi) is 3.44. The van der Waals surface area contributed by atoms with Crippen molar-refractivity contribution in [2.45, 2.75) is 6.92 Å². The molecule has 16 heavy (non-hydrogen) atoms. The van der Waals surface area contributed by atoms with Crippen molar-refractivity contribution in [2.75, 3.05) is 14.2 Å². The van der Waals surface area contributed by atoms with Crippen molar-refractivity contribution in [2.24, 2.45) is 0 Å². The third-order valence-electron chi connectivity index (χ3n) is 2.13. The van der Waals surface area contributed by atoms with Crippen LogP contribution < -0.4 is 4.74 Å². The molecule has 6 nitrogen and oxygen atoms in total. The molecule has 0 heterocycles. The van der Waals surface area contributed by atoms with Gasteiger partial charge in [0.1, 0.15) is 5.56 Å². The maximum atomic E-state index is 11.4. The first-order chi connectivity index (χ1) is 7.52. The van der Waals surface area contributed by atoms with Crippen LogP contribution in [-0.4, -0.2) is 25.1 Å². The zero-order valence-corrected chi connectivity index (χ0v) is 9.14. The smallest absolute Gasteiger partial charge is 0.341 e. The molecule has 0 unspecified atom stereocenters. The summed E-state index contributed by atoms with van der Waals surface area (Å²) in [5.41, 5.74) is 0.252. The number of benzene rings is 1. The van der Waals surface area contributed by atoms with Gasteiger partial charge >= 0.3 is 11.7 Å². The van der Waals surface area contributed by atoms with Crippen LogP contribution in [0.4, 0.5) is 5.69 Å². The summed E-state index contributed by atoms with van der Waals surface area (Å²) in [6.45, 7) is 1.57. The molecule has 0 fully saturated rings. The van der Waals surface area contributed by atoms with Crippen molar-refractivity contribution >= 4 is 11.7 Å². The van der Waals surface area contributed by atoms with E-state index in [-0.39, 0.29) is 17.0 Å². The molecule has 0 aliphatic carbocycles. The molecular formula is C10H11NO5. The molecule has 1 aromatic carbocycles. The summed E-state index contributed by atoms with van der Waals surface area (Å²) >= 11 is 0. The van der Waals surface area contributed by atoms with Crippen molar-refractivity contribution < 1.29 is 19.2 Å². The lowest BCUT2D eigenvalue weighted by atomic mass is 10.1. The fourth-order valence-corrected chi connectivity index (χ4v) is 1.37.